The van der Waals surface area contributed by atoms with Crippen molar-refractivity contribution >= 4 is 0 Å². The Morgan fingerprint density at radius 1 is 1.11 bits per heavy atom. The van der Waals surface area contributed by atoms with Gasteiger partial charge in [-0.2, -0.15) is 0 Å². The number of fused-ring (bicyclic) bond motifs is 2. The fraction of sp³-hybridized carbons (Fsp3) is 1.00. The Labute approximate surface area is 56.8 Å². The molecule has 1 saturated carbocycles. The van der Waals surface area contributed by atoms with Gasteiger partial charge in [0.05, 0.1) is 0 Å². The predicted octanol–water partition coefficient (Wildman–Crippen LogP) is 1.54. The number of hydrogen-bond acceptors (Lipinski definition) is 1. The minimum absolute atomic E-state index is 0.900. The first kappa shape index (κ1) is 5.72. The van der Waals surface area contributed by atoms with Crippen LogP contribution in [0.3, 0.4) is 0 Å². The smallest absolute Gasteiger partial charge is 0.00702 e. The summed E-state index contributed by atoms with van der Waals surface area (Å²) in [6.45, 7) is 1.31. The molecule has 0 aromatic carbocycles. The van der Waals surface area contributed by atoms with Crippen molar-refractivity contribution in [3.8, 4) is 0 Å². The molecule has 0 spiro atoms. The Morgan fingerprint density at radius 2 is 2.00 bits per heavy atom. The van der Waals surface area contributed by atoms with Crippen molar-refractivity contribution in [1.29, 1.82) is 0 Å². The highest BCUT2D eigenvalue weighted by Gasteiger charge is 2.25. The van der Waals surface area contributed by atoms with Gasteiger partial charge in [0.1, 0.15) is 0 Å². The molecule has 2 aliphatic rings. The summed E-state index contributed by atoms with van der Waals surface area (Å²) in [4.78, 5) is 0. The zero-order chi connectivity index (χ0) is 6.10. The normalized spacial score (nSPS) is 42.7. The quantitative estimate of drug-likeness (QED) is 0.518. The van der Waals surface area contributed by atoms with Gasteiger partial charge in [0.2, 0.25) is 0 Å². The van der Waals surface area contributed by atoms with Crippen LogP contribution in [0.1, 0.15) is 32.1 Å². The Bertz CT molecular complexity index is 88.7. The highest BCUT2D eigenvalue weighted by atomic mass is 14.9. The lowest BCUT2D eigenvalue weighted by Crippen LogP contribution is -2.21. The van der Waals surface area contributed by atoms with Crippen LogP contribution in [-0.4, -0.2) is 12.6 Å². The first-order valence-corrected chi connectivity index (χ1v) is 4.18. The fourth-order valence-corrected chi connectivity index (χ4v) is 2.17. The van der Waals surface area contributed by atoms with Gasteiger partial charge < -0.3 is 5.32 Å². The zero-order valence-electron chi connectivity index (χ0n) is 5.90. The maximum Gasteiger partial charge on any atom is 0.00702 e. The highest BCUT2D eigenvalue weighted by Crippen LogP contribution is 2.27. The third-order valence-corrected chi connectivity index (χ3v) is 2.73. The summed E-state index contributed by atoms with van der Waals surface area (Å²) in [6.07, 6.45) is 7.36. The summed E-state index contributed by atoms with van der Waals surface area (Å²) in [5.41, 5.74) is 0. The van der Waals surface area contributed by atoms with Gasteiger partial charge in [-0.15, -0.1) is 0 Å². The SMILES string of the molecule is C1CCC2CC(C1)CN2. The van der Waals surface area contributed by atoms with Gasteiger partial charge in [0, 0.05) is 6.04 Å². The molecule has 1 aliphatic carbocycles. The molecule has 52 valence electrons. The fourth-order valence-electron chi connectivity index (χ4n) is 2.17. The van der Waals surface area contributed by atoms with E-state index in [9.17, 15) is 0 Å². The summed E-state index contributed by atoms with van der Waals surface area (Å²) < 4.78 is 0. The van der Waals surface area contributed by atoms with E-state index in [0.717, 1.165) is 12.0 Å². The highest BCUT2D eigenvalue weighted by molar-refractivity contribution is 4.83. The monoisotopic (exact) mass is 125 g/mol. The lowest BCUT2D eigenvalue weighted by molar-refractivity contribution is 0.502. The molecular formula is C8H15N. The molecule has 1 aliphatic heterocycles. The van der Waals surface area contributed by atoms with Crippen molar-refractivity contribution in [3.05, 3.63) is 0 Å². The molecule has 1 heteroatoms. The second kappa shape index (κ2) is 2.30. The average Bonchev–Trinajstić information content (AvgIpc) is 2.09. The Balaban J connectivity index is 1.99. The van der Waals surface area contributed by atoms with Gasteiger partial charge in [0.15, 0.2) is 0 Å². The summed E-state index contributed by atoms with van der Waals surface area (Å²) >= 11 is 0. The van der Waals surface area contributed by atoms with E-state index in [0.29, 0.717) is 0 Å². The molecular weight excluding hydrogens is 110 g/mol. The lowest BCUT2D eigenvalue weighted by atomic mass is 10.0. The first-order chi connectivity index (χ1) is 4.45. The van der Waals surface area contributed by atoms with Gasteiger partial charge in [-0.1, -0.05) is 12.8 Å². The third kappa shape index (κ3) is 1.11. The van der Waals surface area contributed by atoms with Crippen molar-refractivity contribution in [2.75, 3.05) is 6.54 Å². The minimum Gasteiger partial charge on any atom is -0.314 e. The molecule has 2 unspecified atom stereocenters. The number of rotatable bonds is 0. The average molecular weight is 125 g/mol. The van der Waals surface area contributed by atoms with E-state index >= 15 is 0 Å². The maximum absolute atomic E-state index is 3.56. The molecule has 0 amide bonds. The third-order valence-electron chi connectivity index (χ3n) is 2.73. The molecule has 1 nitrogen and oxygen atoms in total. The van der Waals surface area contributed by atoms with E-state index in [4.69, 9.17) is 0 Å². The van der Waals surface area contributed by atoms with Gasteiger partial charge in [0.25, 0.3) is 0 Å². The largest absolute Gasteiger partial charge is 0.314 e. The van der Waals surface area contributed by atoms with Crippen LogP contribution in [0, 0.1) is 5.92 Å². The van der Waals surface area contributed by atoms with Crippen molar-refractivity contribution in [1.82, 2.24) is 5.32 Å². The molecule has 2 rings (SSSR count). The van der Waals surface area contributed by atoms with Crippen molar-refractivity contribution < 1.29 is 0 Å². The van der Waals surface area contributed by atoms with E-state index in [1.807, 2.05) is 0 Å². The van der Waals surface area contributed by atoms with Gasteiger partial charge >= 0.3 is 0 Å². The van der Waals surface area contributed by atoms with Crippen molar-refractivity contribution in [2.24, 2.45) is 5.92 Å². The molecule has 2 atom stereocenters. The Kier molecular flexibility index (Phi) is 1.46. The van der Waals surface area contributed by atoms with E-state index in [1.165, 1.54) is 38.6 Å². The van der Waals surface area contributed by atoms with Gasteiger partial charge in [-0.05, 0) is 31.7 Å². The Hall–Kier alpha value is -0.0400. The summed E-state index contributed by atoms with van der Waals surface area (Å²) in [7, 11) is 0. The molecule has 2 bridgehead atoms. The number of hydrogen-bond donors (Lipinski definition) is 1. The minimum atomic E-state index is 0.900. The number of nitrogens with one attached hydrogen (secondary N) is 1. The van der Waals surface area contributed by atoms with E-state index in [-0.39, 0.29) is 0 Å². The van der Waals surface area contributed by atoms with Crippen LogP contribution in [0.2, 0.25) is 0 Å². The zero-order valence-corrected chi connectivity index (χ0v) is 5.90. The second-order valence-corrected chi connectivity index (χ2v) is 3.49. The molecule has 1 heterocycles. The van der Waals surface area contributed by atoms with Crippen molar-refractivity contribution in [2.45, 2.75) is 38.1 Å². The topological polar surface area (TPSA) is 12.0 Å². The van der Waals surface area contributed by atoms with Gasteiger partial charge in [-0.25, -0.2) is 0 Å². The van der Waals surface area contributed by atoms with Crippen LogP contribution in [0.15, 0.2) is 0 Å². The lowest BCUT2D eigenvalue weighted by Gasteiger charge is -2.07. The van der Waals surface area contributed by atoms with Crippen LogP contribution in [0.4, 0.5) is 0 Å². The van der Waals surface area contributed by atoms with E-state index in [2.05, 4.69) is 5.32 Å². The van der Waals surface area contributed by atoms with Crippen molar-refractivity contribution in [3.63, 3.8) is 0 Å². The molecule has 0 radical (unpaired) electrons. The second-order valence-electron chi connectivity index (χ2n) is 3.49. The molecule has 0 aromatic heterocycles. The summed E-state index contributed by atoms with van der Waals surface area (Å²) in [5, 5.41) is 3.56. The summed E-state index contributed by atoms with van der Waals surface area (Å²) in [5.74, 6) is 1.04. The van der Waals surface area contributed by atoms with Crippen LogP contribution < -0.4 is 5.32 Å². The van der Waals surface area contributed by atoms with E-state index < -0.39 is 0 Å². The molecule has 2 fully saturated rings. The van der Waals surface area contributed by atoms with Crippen LogP contribution in [0.25, 0.3) is 0 Å². The van der Waals surface area contributed by atoms with Crippen LogP contribution in [0.5, 0.6) is 0 Å². The summed E-state index contributed by atoms with van der Waals surface area (Å²) in [6, 6.07) is 0.900. The molecule has 1 saturated heterocycles. The van der Waals surface area contributed by atoms with E-state index in [1.54, 1.807) is 0 Å². The molecule has 9 heavy (non-hydrogen) atoms. The first-order valence-electron chi connectivity index (χ1n) is 4.18. The maximum atomic E-state index is 3.56. The van der Waals surface area contributed by atoms with Crippen LogP contribution >= 0.6 is 0 Å². The van der Waals surface area contributed by atoms with Crippen LogP contribution in [-0.2, 0) is 0 Å². The Morgan fingerprint density at radius 3 is 3.00 bits per heavy atom. The standard InChI is InChI=1S/C8H15N/c1-2-4-8-5-7(3-1)6-9-8/h7-9H,1-6H2. The molecule has 0 aromatic rings. The molecule has 1 N–H and O–H groups in total. The van der Waals surface area contributed by atoms with Gasteiger partial charge in [-0.3, -0.25) is 0 Å². The predicted molar refractivity (Wildman–Crippen MR) is 38.4 cm³/mol.